The highest BCUT2D eigenvalue weighted by Crippen LogP contribution is 2.28. The zero-order chi connectivity index (χ0) is 27.7. The van der Waals surface area contributed by atoms with E-state index in [0.717, 1.165) is 0 Å². The number of sulfonamides is 1. The van der Waals surface area contributed by atoms with Crippen molar-refractivity contribution in [2.75, 3.05) is 38.3 Å². The van der Waals surface area contributed by atoms with Gasteiger partial charge in [0.25, 0.3) is 10.0 Å². The number of allylic oxidation sites excluding steroid dienone is 2. The first-order valence-corrected chi connectivity index (χ1v) is 13.4. The van der Waals surface area contributed by atoms with Crippen molar-refractivity contribution in [3.63, 3.8) is 0 Å². The molecule has 3 N–H and O–H groups in total. The lowest BCUT2D eigenvalue weighted by Crippen LogP contribution is -2.47. The molecule has 0 spiro atoms. The molecule has 202 valence electrons. The van der Waals surface area contributed by atoms with Gasteiger partial charge in [-0.3, -0.25) is 9.71 Å². The molecule has 0 aliphatic carbocycles. The second kappa shape index (κ2) is 12.4. The molecule has 4 rings (SSSR count). The number of nitrogens with zero attached hydrogens (tertiary/aromatic N) is 1. The Kier molecular flexibility index (Phi) is 8.83. The molecular formula is C28H27N3O7S. The van der Waals surface area contributed by atoms with Crippen LogP contribution in [0.2, 0.25) is 0 Å². The Bertz CT molecular complexity index is 1570. The minimum Gasteiger partial charge on any atom is -0.491 e. The summed E-state index contributed by atoms with van der Waals surface area (Å²) >= 11 is 0. The molecule has 1 atom stereocenters. The number of aliphatic carboxylic acids is 1. The summed E-state index contributed by atoms with van der Waals surface area (Å²) in [6, 6.07) is 13.0. The van der Waals surface area contributed by atoms with Crippen molar-refractivity contribution in [2.24, 2.45) is 0 Å². The number of para-hydroxylation sites is 1. The number of hydrogen-bond acceptors (Lipinski definition) is 8. The quantitative estimate of drug-likeness (QED) is 0.244. The van der Waals surface area contributed by atoms with Crippen LogP contribution < -0.4 is 14.8 Å². The van der Waals surface area contributed by atoms with E-state index in [1.165, 1.54) is 30.6 Å². The highest BCUT2D eigenvalue weighted by molar-refractivity contribution is 7.93. The number of hydrogen-bond donors (Lipinski definition) is 3. The molecule has 0 saturated carbocycles. The fraction of sp³-hybridized carbons (Fsp3) is 0.214. The van der Waals surface area contributed by atoms with Crippen LogP contribution in [-0.4, -0.2) is 63.6 Å². The van der Waals surface area contributed by atoms with E-state index in [9.17, 15) is 18.3 Å². The van der Waals surface area contributed by atoms with E-state index in [-0.39, 0.29) is 22.8 Å². The van der Waals surface area contributed by atoms with Gasteiger partial charge in [0.15, 0.2) is 0 Å². The predicted molar refractivity (Wildman–Crippen MR) is 146 cm³/mol. The second-order valence-corrected chi connectivity index (χ2v) is 9.97. The standard InChI is InChI=1S/C28H27N3O7S/c1-36-16-17-37-18-19-38-23-10-9-21(11-13-28(27(32)33)12-2-3-15-30-28)24(20-23)31-39(34,35)25-8-4-6-22-7-5-14-29-26(22)25/h2-10,12,14-15,20,30-31H,16-19H2,1H3,(H,32,33). The smallest absolute Gasteiger partial charge is 0.346 e. The SMILES string of the molecule is COCCOCCOc1ccc(C#CC2(C(=O)O)C=CC=CN2)c(NS(=O)(=O)c2cccc3cccnc23)c1. The van der Waals surface area contributed by atoms with Gasteiger partial charge < -0.3 is 24.6 Å². The number of carboxylic acids is 1. The van der Waals surface area contributed by atoms with Crippen LogP contribution in [0, 0.1) is 11.8 Å². The number of benzene rings is 2. The molecule has 2 heterocycles. The Hall–Kier alpha value is -4.37. The Morgan fingerprint density at radius 2 is 1.92 bits per heavy atom. The van der Waals surface area contributed by atoms with E-state index in [4.69, 9.17) is 14.2 Å². The molecule has 3 aromatic rings. The summed E-state index contributed by atoms with van der Waals surface area (Å²) in [4.78, 5) is 16.2. The molecule has 1 unspecified atom stereocenters. The van der Waals surface area contributed by atoms with Gasteiger partial charge in [0.2, 0.25) is 5.54 Å². The molecule has 0 saturated heterocycles. The molecule has 0 radical (unpaired) electrons. The Labute approximate surface area is 226 Å². The first-order valence-electron chi connectivity index (χ1n) is 11.9. The number of fused-ring (bicyclic) bond motifs is 1. The number of carboxylic acid groups (broad SMARTS) is 1. The average molecular weight is 550 g/mol. The zero-order valence-corrected chi connectivity index (χ0v) is 21.9. The minimum absolute atomic E-state index is 0.0126. The highest BCUT2D eigenvalue weighted by atomic mass is 32.2. The maximum Gasteiger partial charge on any atom is 0.346 e. The van der Waals surface area contributed by atoms with Crippen molar-refractivity contribution >= 4 is 32.6 Å². The van der Waals surface area contributed by atoms with E-state index >= 15 is 0 Å². The number of rotatable bonds is 11. The summed E-state index contributed by atoms with van der Waals surface area (Å²) in [7, 11) is -2.54. The maximum atomic E-state index is 13.5. The number of ether oxygens (including phenoxy) is 3. The van der Waals surface area contributed by atoms with Crippen molar-refractivity contribution in [1.29, 1.82) is 0 Å². The number of carbonyl (C=O) groups is 1. The van der Waals surface area contributed by atoms with Crippen LogP contribution in [0.5, 0.6) is 5.75 Å². The van der Waals surface area contributed by atoms with Gasteiger partial charge in [0.05, 0.1) is 31.0 Å². The number of nitrogens with one attached hydrogen (secondary N) is 2. The monoisotopic (exact) mass is 549 g/mol. The molecule has 1 aliphatic rings. The Balaban J connectivity index is 1.68. The minimum atomic E-state index is -4.12. The van der Waals surface area contributed by atoms with E-state index < -0.39 is 21.5 Å². The van der Waals surface area contributed by atoms with Gasteiger partial charge >= 0.3 is 5.97 Å². The highest BCUT2D eigenvalue weighted by Gasteiger charge is 2.33. The van der Waals surface area contributed by atoms with Gasteiger partial charge in [-0.05, 0) is 42.6 Å². The number of pyridine rings is 1. The topological polar surface area (TPSA) is 136 Å². The number of anilines is 1. The fourth-order valence-electron chi connectivity index (χ4n) is 3.68. The summed E-state index contributed by atoms with van der Waals surface area (Å²) in [5.74, 6) is 4.71. The van der Waals surface area contributed by atoms with E-state index in [1.807, 2.05) is 0 Å². The fourth-order valence-corrected chi connectivity index (χ4v) is 4.93. The van der Waals surface area contributed by atoms with Crippen LogP contribution in [0.1, 0.15) is 5.56 Å². The van der Waals surface area contributed by atoms with Gasteiger partial charge in [-0.15, -0.1) is 0 Å². The van der Waals surface area contributed by atoms with Crippen LogP contribution in [0.25, 0.3) is 10.9 Å². The van der Waals surface area contributed by atoms with Gasteiger partial charge in [-0.2, -0.15) is 0 Å². The molecule has 1 aromatic heterocycles. The molecule has 0 fully saturated rings. The van der Waals surface area contributed by atoms with Gasteiger partial charge in [0, 0.05) is 30.3 Å². The Morgan fingerprint density at radius 3 is 2.69 bits per heavy atom. The summed E-state index contributed by atoms with van der Waals surface area (Å²) in [5.41, 5.74) is -0.988. The molecular weight excluding hydrogens is 522 g/mol. The predicted octanol–water partition coefficient (Wildman–Crippen LogP) is 2.93. The number of aromatic nitrogens is 1. The van der Waals surface area contributed by atoms with Gasteiger partial charge in [0.1, 0.15) is 17.3 Å². The molecule has 1 aliphatic heterocycles. The van der Waals surface area contributed by atoms with Crippen LogP contribution >= 0.6 is 0 Å². The summed E-state index contributed by atoms with van der Waals surface area (Å²) in [6.07, 6.45) is 7.63. The summed E-state index contributed by atoms with van der Waals surface area (Å²) in [6.45, 7) is 1.40. The van der Waals surface area contributed by atoms with Crippen LogP contribution in [0.15, 0.2) is 84.1 Å². The van der Waals surface area contributed by atoms with Crippen molar-refractivity contribution in [3.05, 3.63) is 84.7 Å². The number of methoxy groups -OCH3 is 1. The molecule has 0 bridgehead atoms. The molecule has 0 amide bonds. The summed E-state index contributed by atoms with van der Waals surface area (Å²) < 4.78 is 45.7. The third-order valence-electron chi connectivity index (χ3n) is 5.65. The summed E-state index contributed by atoms with van der Waals surface area (Å²) in [5, 5.41) is 13.2. The molecule has 39 heavy (non-hydrogen) atoms. The van der Waals surface area contributed by atoms with Crippen molar-refractivity contribution < 1.29 is 32.5 Å². The van der Waals surface area contributed by atoms with Crippen molar-refractivity contribution in [2.45, 2.75) is 10.4 Å². The van der Waals surface area contributed by atoms with Crippen LogP contribution in [0.3, 0.4) is 0 Å². The van der Waals surface area contributed by atoms with Gasteiger partial charge in [-0.1, -0.05) is 36.1 Å². The second-order valence-electron chi connectivity index (χ2n) is 8.32. The van der Waals surface area contributed by atoms with Gasteiger partial charge in [-0.25, -0.2) is 13.2 Å². The first kappa shape index (κ1) is 27.7. The van der Waals surface area contributed by atoms with Crippen molar-refractivity contribution in [3.8, 4) is 17.6 Å². The normalized spacial score (nSPS) is 16.2. The molecule has 11 heteroatoms. The molecule has 2 aromatic carbocycles. The lowest BCUT2D eigenvalue weighted by atomic mass is 9.97. The third-order valence-corrected chi connectivity index (χ3v) is 7.04. The first-order chi connectivity index (χ1) is 18.8. The lowest BCUT2D eigenvalue weighted by molar-refractivity contribution is -0.140. The van der Waals surface area contributed by atoms with Crippen LogP contribution in [-0.2, 0) is 24.3 Å². The Morgan fingerprint density at radius 1 is 1.10 bits per heavy atom. The largest absolute Gasteiger partial charge is 0.491 e. The maximum absolute atomic E-state index is 13.5. The average Bonchev–Trinajstić information content (AvgIpc) is 2.94. The number of dihydropyridines is 1. The van der Waals surface area contributed by atoms with E-state index in [2.05, 4.69) is 26.9 Å². The van der Waals surface area contributed by atoms with Crippen molar-refractivity contribution in [1.82, 2.24) is 10.3 Å². The molecule has 10 nitrogen and oxygen atoms in total. The van der Waals surface area contributed by atoms with E-state index in [0.29, 0.717) is 36.5 Å². The third kappa shape index (κ3) is 6.74. The van der Waals surface area contributed by atoms with Crippen LogP contribution in [0.4, 0.5) is 5.69 Å². The van der Waals surface area contributed by atoms with E-state index in [1.54, 1.807) is 55.7 Å². The lowest BCUT2D eigenvalue weighted by Gasteiger charge is -2.22. The zero-order valence-electron chi connectivity index (χ0n) is 21.1.